The lowest BCUT2D eigenvalue weighted by Gasteiger charge is -2.08. The Morgan fingerprint density at radius 1 is 1.25 bits per heavy atom. The van der Waals surface area contributed by atoms with Crippen molar-refractivity contribution in [3.8, 4) is 11.4 Å². The van der Waals surface area contributed by atoms with Gasteiger partial charge in [0, 0.05) is 11.5 Å². The van der Waals surface area contributed by atoms with E-state index in [1.165, 1.54) is 12.8 Å². The second kappa shape index (κ2) is 5.86. The first-order valence-electron chi connectivity index (χ1n) is 7.07. The van der Waals surface area contributed by atoms with Gasteiger partial charge in [-0.3, -0.25) is 9.89 Å². The number of aromatic nitrogens is 3. The monoisotopic (exact) mass is 270 g/mol. The molecule has 1 aromatic heterocycles. The lowest BCUT2D eigenvalue weighted by Crippen LogP contribution is -2.29. The highest BCUT2D eigenvalue weighted by atomic mass is 16.1. The van der Waals surface area contributed by atoms with E-state index in [4.69, 9.17) is 0 Å². The third-order valence-electron chi connectivity index (χ3n) is 3.72. The summed E-state index contributed by atoms with van der Waals surface area (Å²) in [5, 5.41) is 9.98. The van der Waals surface area contributed by atoms with Crippen LogP contribution in [0.4, 0.5) is 0 Å². The largest absolute Gasteiger partial charge is 0.349 e. The molecule has 2 N–H and O–H groups in total. The second-order valence-corrected chi connectivity index (χ2v) is 5.17. The van der Waals surface area contributed by atoms with Crippen molar-refractivity contribution in [3.05, 3.63) is 36.2 Å². The molecular weight excluding hydrogens is 252 g/mol. The molecule has 1 amide bonds. The summed E-state index contributed by atoms with van der Waals surface area (Å²) in [6, 6.07) is 9.79. The summed E-state index contributed by atoms with van der Waals surface area (Å²) in [4.78, 5) is 16.3. The fourth-order valence-corrected chi connectivity index (χ4v) is 2.59. The minimum absolute atomic E-state index is 0.139. The Morgan fingerprint density at radius 3 is 2.75 bits per heavy atom. The molecule has 0 atom stereocenters. The van der Waals surface area contributed by atoms with Gasteiger partial charge in [-0.05, 0) is 12.8 Å². The van der Waals surface area contributed by atoms with E-state index in [1.807, 2.05) is 30.3 Å². The van der Waals surface area contributed by atoms with Gasteiger partial charge in [-0.1, -0.05) is 43.2 Å². The lowest BCUT2D eigenvalue weighted by molar-refractivity contribution is -0.125. The predicted octanol–water partition coefficient (Wildman–Crippen LogP) is 2.28. The number of rotatable bonds is 4. The lowest BCUT2D eigenvalue weighted by atomic mass is 10.1. The molecule has 3 rings (SSSR count). The van der Waals surface area contributed by atoms with Crippen molar-refractivity contribution in [2.75, 3.05) is 0 Å². The van der Waals surface area contributed by atoms with E-state index in [0.717, 1.165) is 18.4 Å². The zero-order valence-electron chi connectivity index (χ0n) is 11.3. The van der Waals surface area contributed by atoms with Crippen LogP contribution in [-0.4, -0.2) is 21.1 Å². The molecule has 2 aromatic rings. The number of hydrogen-bond acceptors (Lipinski definition) is 3. The van der Waals surface area contributed by atoms with Crippen molar-refractivity contribution in [2.24, 2.45) is 5.92 Å². The van der Waals surface area contributed by atoms with Crippen molar-refractivity contribution >= 4 is 5.91 Å². The number of hydrogen-bond donors (Lipinski definition) is 2. The number of aromatic amines is 1. The molecule has 1 fully saturated rings. The smallest absolute Gasteiger partial charge is 0.223 e. The molecule has 0 saturated heterocycles. The van der Waals surface area contributed by atoms with Gasteiger partial charge in [0.15, 0.2) is 5.82 Å². The van der Waals surface area contributed by atoms with Gasteiger partial charge >= 0.3 is 0 Å². The van der Waals surface area contributed by atoms with Crippen LogP contribution >= 0.6 is 0 Å². The van der Waals surface area contributed by atoms with Gasteiger partial charge in [0.2, 0.25) is 5.91 Å². The van der Waals surface area contributed by atoms with E-state index < -0.39 is 0 Å². The third kappa shape index (κ3) is 2.87. The van der Waals surface area contributed by atoms with Crippen LogP contribution in [0.15, 0.2) is 30.3 Å². The molecule has 20 heavy (non-hydrogen) atoms. The zero-order chi connectivity index (χ0) is 13.8. The maximum atomic E-state index is 11.9. The minimum Gasteiger partial charge on any atom is -0.349 e. The molecule has 5 heteroatoms. The summed E-state index contributed by atoms with van der Waals surface area (Å²) in [5.41, 5.74) is 0.970. The topological polar surface area (TPSA) is 70.7 Å². The number of carbonyl (C=O) groups excluding carboxylic acids is 1. The molecule has 1 heterocycles. The second-order valence-electron chi connectivity index (χ2n) is 5.17. The number of H-pyrrole nitrogens is 1. The normalized spacial score (nSPS) is 15.4. The van der Waals surface area contributed by atoms with Crippen LogP contribution in [-0.2, 0) is 11.3 Å². The number of amides is 1. The summed E-state index contributed by atoms with van der Waals surface area (Å²) in [5.74, 6) is 1.68. The molecule has 1 aromatic carbocycles. The summed E-state index contributed by atoms with van der Waals surface area (Å²) >= 11 is 0. The van der Waals surface area contributed by atoms with E-state index in [9.17, 15) is 4.79 Å². The quantitative estimate of drug-likeness (QED) is 0.895. The Balaban J connectivity index is 1.59. The molecule has 0 bridgehead atoms. The predicted molar refractivity (Wildman–Crippen MR) is 75.6 cm³/mol. The first-order chi connectivity index (χ1) is 9.83. The van der Waals surface area contributed by atoms with Crippen molar-refractivity contribution in [1.29, 1.82) is 0 Å². The number of benzene rings is 1. The highest BCUT2D eigenvalue weighted by Crippen LogP contribution is 2.24. The molecule has 5 nitrogen and oxygen atoms in total. The van der Waals surface area contributed by atoms with Crippen LogP contribution in [0.2, 0.25) is 0 Å². The van der Waals surface area contributed by atoms with Gasteiger partial charge < -0.3 is 5.32 Å². The third-order valence-corrected chi connectivity index (χ3v) is 3.72. The van der Waals surface area contributed by atoms with Crippen molar-refractivity contribution < 1.29 is 4.79 Å². The van der Waals surface area contributed by atoms with E-state index >= 15 is 0 Å². The van der Waals surface area contributed by atoms with Gasteiger partial charge in [-0.2, -0.15) is 5.10 Å². The average Bonchev–Trinajstić information content (AvgIpc) is 3.17. The van der Waals surface area contributed by atoms with Gasteiger partial charge in [-0.25, -0.2) is 4.98 Å². The maximum absolute atomic E-state index is 11.9. The zero-order valence-corrected chi connectivity index (χ0v) is 11.3. The standard InChI is InChI=1S/C15H18N4O/c20-15(12-8-4-5-9-12)16-10-13-17-14(19-18-13)11-6-2-1-3-7-11/h1-3,6-7,12H,4-5,8-10H2,(H,16,20)(H,17,18,19). The average molecular weight is 270 g/mol. The minimum atomic E-state index is 0.139. The van der Waals surface area contributed by atoms with Crippen LogP contribution in [0.25, 0.3) is 11.4 Å². The molecule has 0 unspecified atom stereocenters. The van der Waals surface area contributed by atoms with Gasteiger partial charge in [0.1, 0.15) is 5.82 Å². The Bertz CT molecular complexity index is 573. The fourth-order valence-electron chi connectivity index (χ4n) is 2.59. The van der Waals surface area contributed by atoms with E-state index in [0.29, 0.717) is 18.2 Å². The van der Waals surface area contributed by atoms with Crippen LogP contribution < -0.4 is 5.32 Å². The van der Waals surface area contributed by atoms with Crippen LogP contribution in [0.5, 0.6) is 0 Å². The summed E-state index contributed by atoms with van der Waals surface area (Å²) < 4.78 is 0. The molecule has 1 saturated carbocycles. The van der Waals surface area contributed by atoms with E-state index in [2.05, 4.69) is 20.5 Å². The van der Waals surface area contributed by atoms with Crippen molar-refractivity contribution in [3.63, 3.8) is 0 Å². The highest BCUT2D eigenvalue weighted by molar-refractivity contribution is 5.78. The Labute approximate surface area is 117 Å². The number of nitrogens with zero attached hydrogens (tertiary/aromatic N) is 2. The number of carbonyl (C=O) groups is 1. The Morgan fingerprint density at radius 2 is 2.00 bits per heavy atom. The van der Waals surface area contributed by atoms with Crippen LogP contribution in [0.1, 0.15) is 31.5 Å². The molecule has 0 aliphatic heterocycles. The van der Waals surface area contributed by atoms with Crippen molar-refractivity contribution in [1.82, 2.24) is 20.5 Å². The van der Waals surface area contributed by atoms with Crippen LogP contribution in [0, 0.1) is 5.92 Å². The summed E-state index contributed by atoms with van der Waals surface area (Å²) in [6.07, 6.45) is 4.35. The molecule has 1 aliphatic rings. The van der Waals surface area contributed by atoms with Crippen molar-refractivity contribution in [2.45, 2.75) is 32.2 Å². The van der Waals surface area contributed by atoms with E-state index in [-0.39, 0.29) is 11.8 Å². The highest BCUT2D eigenvalue weighted by Gasteiger charge is 2.22. The SMILES string of the molecule is O=C(NCc1nc(-c2ccccc2)n[nH]1)C1CCCC1. The molecular formula is C15H18N4O. The Hall–Kier alpha value is -2.17. The number of nitrogens with one attached hydrogen (secondary N) is 2. The summed E-state index contributed by atoms with van der Waals surface area (Å²) in [6.45, 7) is 0.412. The molecule has 0 radical (unpaired) electrons. The first-order valence-corrected chi connectivity index (χ1v) is 7.07. The van der Waals surface area contributed by atoms with Gasteiger partial charge in [-0.15, -0.1) is 0 Å². The molecule has 0 spiro atoms. The van der Waals surface area contributed by atoms with Gasteiger partial charge in [0.05, 0.1) is 6.54 Å². The fraction of sp³-hybridized carbons (Fsp3) is 0.400. The first kappa shape index (κ1) is 12.8. The Kier molecular flexibility index (Phi) is 3.76. The maximum Gasteiger partial charge on any atom is 0.223 e. The molecule has 1 aliphatic carbocycles. The van der Waals surface area contributed by atoms with Gasteiger partial charge in [0.25, 0.3) is 0 Å². The van der Waals surface area contributed by atoms with Crippen LogP contribution in [0.3, 0.4) is 0 Å². The molecule has 104 valence electrons. The summed E-state index contributed by atoms with van der Waals surface area (Å²) in [7, 11) is 0. The van der Waals surface area contributed by atoms with E-state index in [1.54, 1.807) is 0 Å².